The van der Waals surface area contributed by atoms with E-state index < -0.39 is 6.10 Å². The number of unbranched alkanes of at least 4 members (excludes halogenated alkanes) is 34. The Kier molecular flexibility index (Phi) is 58.7. The Bertz CT molecular complexity index is 1360. The molecule has 0 aliphatic rings. The van der Waals surface area contributed by atoms with E-state index in [1.165, 1.54) is 173 Å². The molecular weight excluding hydrogens is 901 g/mol. The summed E-state index contributed by atoms with van der Waals surface area (Å²) < 4.78 is 16.7. The third kappa shape index (κ3) is 59.6. The van der Waals surface area contributed by atoms with Crippen molar-refractivity contribution in [3.05, 3.63) is 72.9 Å². The van der Waals surface area contributed by atoms with Crippen molar-refractivity contribution < 1.29 is 28.6 Å². The topological polar surface area (TPSA) is 78.9 Å². The minimum atomic E-state index is -0.772. The monoisotopic (exact) mass is 1020 g/mol. The largest absolute Gasteiger partial charge is 0.462 e. The number of esters is 3. The molecular formula is C67H118O6. The Balaban J connectivity index is 3.90. The maximum Gasteiger partial charge on any atom is 0.306 e. The summed E-state index contributed by atoms with van der Waals surface area (Å²) in [5, 5.41) is 0. The van der Waals surface area contributed by atoms with Gasteiger partial charge in [0.25, 0.3) is 0 Å². The third-order valence-electron chi connectivity index (χ3n) is 13.7. The Morgan fingerprint density at radius 2 is 0.534 bits per heavy atom. The Hall–Kier alpha value is -3.15. The highest BCUT2D eigenvalue weighted by Gasteiger charge is 2.19. The molecule has 422 valence electrons. The molecule has 0 aromatic carbocycles. The fraction of sp³-hybridized carbons (Fsp3) is 0.776. The molecule has 1 atom stereocenters. The number of ether oxygens (including phenoxy) is 3. The highest BCUT2D eigenvalue weighted by atomic mass is 16.6. The van der Waals surface area contributed by atoms with Crippen molar-refractivity contribution in [2.45, 2.75) is 322 Å². The fourth-order valence-corrected chi connectivity index (χ4v) is 9.00. The molecule has 0 aliphatic heterocycles. The molecule has 0 spiro atoms. The van der Waals surface area contributed by atoms with Gasteiger partial charge in [0, 0.05) is 19.3 Å². The van der Waals surface area contributed by atoms with E-state index in [1.807, 2.05) is 0 Å². The molecule has 0 aromatic heterocycles. The van der Waals surface area contributed by atoms with Gasteiger partial charge in [0.2, 0.25) is 0 Å². The molecule has 0 radical (unpaired) electrons. The van der Waals surface area contributed by atoms with Gasteiger partial charge in [-0.1, -0.05) is 280 Å². The van der Waals surface area contributed by atoms with E-state index in [0.717, 1.165) is 103 Å². The normalized spacial score (nSPS) is 12.5. The summed E-state index contributed by atoms with van der Waals surface area (Å²) in [4.78, 5) is 37.8. The summed E-state index contributed by atoms with van der Waals surface area (Å²) in [6.45, 7) is 6.46. The van der Waals surface area contributed by atoms with Crippen molar-refractivity contribution in [1.82, 2.24) is 0 Å². The van der Waals surface area contributed by atoms with Crippen molar-refractivity contribution in [2.24, 2.45) is 0 Å². The first-order valence-corrected chi connectivity index (χ1v) is 31.4. The van der Waals surface area contributed by atoms with Crippen LogP contribution in [0.2, 0.25) is 0 Å². The van der Waals surface area contributed by atoms with Gasteiger partial charge < -0.3 is 14.2 Å². The summed E-state index contributed by atoms with van der Waals surface area (Å²) in [6, 6.07) is 0. The van der Waals surface area contributed by atoms with Gasteiger partial charge in [-0.25, -0.2) is 0 Å². The molecule has 0 fully saturated rings. The van der Waals surface area contributed by atoms with Crippen LogP contribution in [0.15, 0.2) is 72.9 Å². The van der Waals surface area contributed by atoms with Crippen LogP contribution in [0.25, 0.3) is 0 Å². The molecule has 6 nitrogen and oxygen atoms in total. The molecule has 0 saturated carbocycles. The smallest absolute Gasteiger partial charge is 0.306 e. The standard InChI is InChI=1S/C67H118O6/c1-4-7-10-13-15-17-19-21-23-24-25-26-27-28-29-30-31-32-33-34-35-36-37-38-39-40-41-42-44-45-47-49-51-54-57-60-66(69)72-63-64(62-71-65(68)59-56-53-12-9-6-3)73-67(70)61-58-55-52-50-48-46-43-22-20-18-16-14-11-8-5-2/h7,10,15,17,21-23,25-26,28-29,43,64H,4-6,8-9,11-14,16,18-20,24,27,30-42,44-63H2,1-3H3/b10-7-,17-15-,23-21-,26-25-,29-28-,43-22-. The molecule has 0 bridgehead atoms. The summed E-state index contributed by atoms with van der Waals surface area (Å²) in [6.07, 6.45) is 79.7. The first-order valence-electron chi connectivity index (χ1n) is 31.4. The van der Waals surface area contributed by atoms with E-state index in [4.69, 9.17) is 14.2 Å². The van der Waals surface area contributed by atoms with Gasteiger partial charge in [-0.15, -0.1) is 0 Å². The highest BCUT2D eigenvalue weighted by molar-refractivity contribution is 5.71. The van der Waals surface area contributed by atoms with Crippen LogP contribution in [-0.2, 0) is 28.6 Å². The summed E-state index contributed by atoms with van der Waals surface area (Å²) >= 11 is 0. The Morgan fingerprint density at radius 3 is 0.849 bits per heavy atom. The highest BCUT2D eigenvalue weighted by Crippen LogP contribution is 2.17. The van der Waals surface area contributed by atoms with Gasteiger partial charge >= 0.3 is 17.9 Å². The van der Waals surface area contributed by atoms with Crippen LogP contribution in [0, 0.1) is 0 Å². The quantitative estimate of drug-likeness (QED) is 0.0261. The van der Waals surface area contributed by atoms with Crippen molar-refractivity contribution in [3.8, 4) is 0 Å². The average Bonchev–Trinajstić information content (AvgIpc) is 3.39. The molecule has 0 saturated heterocycles. The van der Waals surface area contributed by atoms with Gasteiger partial charge in [-0.3, -0.25) is 14.4 Å². The number of allylic oxidation sites excluding steroid dienone is 12. The second-order valence-corrected chi connectivity index (χ2v) is 20.9. The summed E-state index contributed by atoms with van der Waals surface area (Å²) in [5.74, 6) is -0.885. The number of rotatable bonds is 57. The van der Waals surface area contributed by atoms with Gasteiger partial charge in [-0.05, 0) is 89.9 Å². The number of carbonyl (C=O) groups is 3. The predicted octanol–water partition coefficient (Wildman–Crippen LogP) is 21.3. The van der Waals surface area contributed by atoms with Crippen molar-refractivity contribution in [2.75, 3.05) is 13.2 Å². The van der Waals surface area contributed by atoms with Crippen LogP contribution < -0.4 is 0 Å². The zero-order valence-corrected chi connectivity index (χ0v) is 48.4. The minimum Gasteiger partial charge on any atom is -0.462 e. The minimum absolute atomic E-state index is 0.0744. The third-order valence-corrected chi connectivity index (χ3v) is 13.7. The van der Waals surface area contributed by atoms with Crippen molar-refractivity contribution in [1.29, 1.82) is 0 Å². The lowest BCUT2D eigenvalue weighted by atomic mass is 10.0. The fourth-order valence-electron chi connectivity index (χ4n) is 9.00. The molecule has 0 aliphatic carbocycles. The lowest BCUT2D eigenvalue weighted by Gasteiger charge is -2.18. The van der Waals surface area contributed by atoms with Gasteiger partial charge in [0.05, 0.1) is 0 Å². The lowest BCUT2D eigenvalue weighted by Crippen LogP contribution is -2.30. The van der Waals surface area contributed by atoms with E-state index >= 15 is 0 Å². The molecule has 0 aromatic rings. The molecule has 73 heavy (non-hydrogen) atoms. The molecule has 6 heteroatoms. The molecule has 0 heterocycles. The maximum atomic E-state index is 12.8. The SMILES string of the molecule is CC/C=C\C/C=C\C/C=C\C/C=C\C/C=C\CCCCCCCCCCCCCCCCCCCCCC(=O)OCC(COC(=O)CCCCCCC)OC(=O)CCCCCCC/C=C\CCCCCCCC. The van der Waals surface area contributed by atoms with Crippen LogP contribution in [0.5, 0.6) is 0 Å². The summed E-state index contributed by atoms with van der Waals surface area (Å²) in [5.41, 5.74) is 0. The molecule has 0 N–H and O–H groups in total. The number of hydrogen-bond donors (Lipinski definition) is 0. The predicted molar refractivity (Wildman–Crippen MR) is 316 cm³/mol. The van der Waals surface area contributed by atoms with Crippen LogP contribution in [0.4, 0.5) is 0 Å². The zero-order chi connectivity index (χ0) is 52.9. The van der Waals surface area contributed by atoms with E-state index in [2.05, 4.69) is 93.7 Å². The number of carbonyl (C=O) groups excluding carboxylic acids is 3. The summed E-state index contributed by atoms with van der Waals surface area (Å²) in [7, 11) is 0. The van der Waals surface area contributed by atoms with Gasteiger partial charge in [0.15, 0.2) is 6.10 Å². The van der Waals surface area contributed by atoms with Crippen LogP contribution >= 0.6 is 0 Å². The van der Waals surface area contributed by atoms with Gasteiger partial charge in [-0.2, -0.15) is 0 Å². The second-order valence-electron chi connectivity index (χ2n) is 20.9. The maximum absolute atomic E-state index is 12.8. The molecule has 0 rings (SSSR count). The van der Waals surface area contributed by atoms with Gasteiger partial charge in [0.1, 0.15) is 13.2 Å². The van der Waals surface area contributed by atoms with E-state index in [-0.39, 0.29) is 31.1 Å². The van der Waals surface area contributed by atoms with E-state index in [1.54, 1.807) is 0 Å². The van der Waals surface area contributed by atoms with Crippen LogP contribution in [0.3, 0.4) is 0 Å². The molecule has 0 amide bonds. The number of hydrogen-bond acceptors (Lipinski definition) is 6. The van der Waals surface area contributed by atoms with Crippen LogP contribution in [0.1, 0.15) is 316 Å². The zero-order valence-electron chi connectivity index (χ0n) is 48.4. The second kappa shape index (κ2) is 61.4. The van der Waals surface area contributed by atoms with E-state index in [0.29, 0.717) is 19.3 Å². The van der Waals surface area contributed by atoms with Crippen LogP contribution in [-0.4, -0.2) is 37.2 Å². The first-order chi connectivity index (χ1) is 36.0. The van der Waals surface area contributed by atoms with Crippen molar-refractivity contribution in [3.63, 3.8) is 0 Å². The Morgan fingerprint density at radius 1 is 0.288 bits per heavy atom. The van der Waals surface area contributed by atoms with Crippen molar-refractivity contribution >= 4 is 17.9 Å². The lowest BCUT2D eigenvalue weighted by molar-refractivity contribution is -0.167. The van der Waals surface area contributed by atoms with E-state index in [9.17, 15) is 14.4 Å². The first kappa shape index (κ1) is 69.8. The average molecular weight is 1020 g/mol. The molecule has 1 unspecified atom stereocenters. The Labute approximate surface area is 453 Å².